The summed E-state index contributed by atoms with van der Waals surface area (Å²) >= 11 is 0. The number of rotatable bonds is 13. The molecule has 4 saturated heterocycles. The van der Waals surface area contributed by atoms with Gasteiger partial charge in [-0.25, -0.2) is 0 Å². The summed E-state index contributed by atoms with van der Waals surface area (Å²) < 4.78 is 21.9. The van der Waals surface area contributed by atoms with E-state index in [1.165, 1.54) is 4.90 Å². The molecule has 4 fully saturated rings. The Kier molecular flexibility index (Phi) is 12.1. The van der Waals surface area contributed by atoms with Crippen molar-refractivity contribution in [1.82, 2.24) is 4.90 Å². The predicted molar refractivity (Wildman–Crippen MR) is 182 cm³/mol. The summed E-state index contributed by atoms with van der Waals surface area (Å²) in [7, 11) is 0. The van der Waals surface area contributed by atoms with Crippen molar-refractivity contribution in [3.8, 4) is 0 Å². The minimum atomic E-state index is -2.10. The number of aliphatic hydroxyl groups is 8. The zero-order valence-corrected chi connectivity index (χ0v) is 29.0. The van der Waals surface area contributed by atoms with Crippen molar-refractivity contribution in [2.45, 2.75) is 91.9 Å². The summed E-state index contributed by atoms with van der Waals surface area (Å²) in [5.41, 5.74) is -3.74. The minimum absolute atomic E-state index is 0.172. The molecular weight excluding hydrogens is 778 g/mol. The second-order valence-electron chi connectivity index (χ2n) is 13.7. The molecule has 57 heavy (non-hydrogen) atoms. The third-order valence-electron chi connectivity index (χ3n) is 10.2. The number of hydrogen-bond donors (Lipinski definition) is 10. The summed E-state index contributed by atoms with van der Waals surface area (Å²) in [5, 5.41) is 140. The maximum Gasteiger partial charge on any atom is 0.299 e. The molecule has 2 aromatic carbocycles. The van der Waals surface area contributed by atoms with Crippen LogP contribution in [0.1, 0.15) is 0 Å². The number of nitrogens with zero attached hydrogens (tertiary/aromatic N) is 5. The van der Waals surface area contributed by atoms with Gasteiger partial charge < -0.3 is 70.4 Å². The molecule has 312 valence electrons. The average molecular weight is 816 g/mol. The summed E-state index contributed by atoms with van der Waals surface area (Å²) in [6.07, 6.45) is -20.7. The molecule has 4 heterocycles. The van der Waals surface area contributed by atoms with E-state index in [0.29, 0.717) is 12.1 Å². The number of nitro benzene ring substituents is 4. The van der Waals surface area contributed by atoms with Gasteiger partial charge in [-0.1, -0.05) is 0 Å². The molecule has 15 atom stereocenters. The van der Waals surface area contributed by atoms with E-state index in [4.69, 9.17) is 18.9 Å². The van der Waals surface area contributed by atoms with Gasteiger partial charge in [0.15, 0.2) is 18.9 Å². The maximum absolute atomic E-state index is 11.8. The highest BCUT2D eigenvalue weighted by Crippen LogP contribution is 2.37. The first kappa shape index (κ1) is 41.7. The lowest BCUT2D eigenvalue weighted by Crippen LogP contribution is -2.69. The average Bonchev–Trinajstić information content (AvgIpc) is 3.62. The Bertz CT molecular complexity index is 1730. The van der Waals surface area contributed by atoms with Crippen molar-refractivity contribution in [2.75, 3.05) is 30.3 Å². The lowest BCUT2D eigenvalue weighted by Gasteiger charge is -2.49. The fourth-order valence-electron chi connectivity index (χ4n) is 7.31. The highest BCUT2D eigenvalue weighted by molar-refractivity contribution is 5.67. The van der Waals surface area contributed by atoms with Crippen LogP contribution in [0.5, 0.6) is 0 Å². The standard InChI is InChI=1S/C30H37N7O20/c38-22-16(55-28(44)25(41)19(22)31-12-3-1-10(34(46)47)5-14(12)36(50)51)7-33(21-24(40)18-9-54-30(57-18)27(21)43)8-17-23(39)20(26(42)29(45)56-17)32-13-4-2-11(35(48)49)6-15(13)37(52)53/h1-6,16-32,38-45H,7-9H2/t16-,17-,18-,19+,20+,21-,22-,23-,24-,25-,26-,27+,28+,29+,30-/m1/s1. The van der Waals surface area contributed by atoms with Gasteiger partial charge in [0, 0.05) is 25.2 Å². The van der Waals surface area contributed by atoms with E-state index >= 15 is 0 Å². The highest BCUT2D eigenvalue weighted by Gasteiger charge is 2.55. The zero-order valence-electron chi connectivity index (χ0n) is 29.0. The zero-order chi connectivity index (χ0) is 41.6. The summed E-state index contributed by atoms with van der Waals surface area (Å²) in [6, 6.07) is 0.203. The Morgan fingerprint density at radius 1 is 0.596 bits per heavy atom. The van der Waals surface area contributed by atoms with E-state index < -0.39 is 159 Å². The first-order valence-corrected chi connectivity index (χ1v) is 17.0. The van der Waals surface area contributed by atoms with E-state index in [9.17, 15) is 81.3 Å². The maximum atomic E-state index is 11.8. The van der Waals surface area contributed by atoms with Crippen LogP contribution < -0.4 is 10.6 Å². The summed E-state index contributed by atoms with van der Waals surface area (Å²) in [6.45, 7) is -1.42. The molecule has 4 aliphatic heterocycles. The van der Waals surface area contributed by atoms with Gasteiger partial charge in [0.1, 0.15) is 66.3 Å². The van der Waals surface area contributed by atoms with Gasteiger partial charge in [0.05, 0.1) is 56.6 Å². The Labute approximate surface area is 317 Å². The normalized spacial score (nSPS) is 36.4. The van der Waals surface area contributed by atoms with Gasteiger partial charge in [0.2, 0.25) is 0 Å². The predicted octanol–water partition coefficient (Wildman–Crippen LogP) is -3.39. The number of aliphatic hydroxyl groups excluding tert-OH is 8. The summed E-state index contributed by atoms with van der Waals surface area (Å²) in [5.74, 6) is 0. The van der Waals surface area contributed by atoms with E-state index in [-0.39, 0.29) is 6.61 Å². The topological polar surface area (TPSA) is 399 Å². The smallest absolute Gasteiger partial charge is 0.299 e. The van der Waals surface area contributed by atoms with Crippen molar-refractivity contribution in [3.63, 3.8) is 0 Å². The molecular formula is C30H37N7O20. The fraction of sp³-hybridized carbons (Fsp3) is 0.600. The lowest BCUT2D eigenvalue weighted by atomic mass is 9.90. The molecule has 6 rings (SSSR count). The monoisotopic (exact) mass is 815 g/mol. The first-order valence-electron chi connectivity index (χ1n) is 17.0. The van der Waals surface area contributed by atoms with E-state index in [0.717, 1.165) is 24.3 Å². The number of nitro groups is 4. The molecule has 0 aliphatic carbocycles. The number of ether oxygens (including phenoxy) is 4. The molecule has 27 heteroatoms. The van der Waals surface area contributed by atoms with Crippen LogP contribution in [-0.2, 0) is 18.9 Å². The molecule has 2 bridgehead atoms. The second-order valence-corrected chi connectivity index (χ2v) is 13.7. The number of benzene rings is 2. The molecule has 0 amide bonds. The molecule has 0 unspecified atom stereocenters. The van der Waals surface area contributed by atoms with E-state index in [2.05, 4.69) is 10.6 Å². The molecule has 27 nitrogen and oxygen atoms in total. The molecule has 2 aromatic rings. The summed E-state index contributed by atoms with van der Waals surface area (Å²) in [4.78, 5) is 43.5. The first-order chi connectivity index (χ1) is 26.9. The van der Waals surface area contributed by atoms with Gasteiger partial charge >= 0.3 is 0 Å². The van der Waals surface area contributed by atoms with Gasteiger partial charge in [-0.05, 0) is 12.1 Å². The molecule has 10 N–H and O–H groups in total. The van der Waals surface area contributed by atoms with Crippen LogP contribution in [0.25, 0.3) is 0 Å². The Hall–Kier alpha value is -4.88. The number of hydrogen-bond acceptors (Lipinski definition) is 23. The van der Waals surface area contributed by atoms with Crippen molar-refractivity contribution >= 4 is 34.1 Å². The van der Waals surface area contributed by atoms with Crippen LogP contribution in [0.2, 0.25) is 0 Å². The number of fused-ring (bicyclic) bond motifs is 2. The third-order valence-corrected chi connectivity index (χ3v) is 10.2. The minimum Gasteiger partial charge on any atom is -0.389 e. The Morgan fingerprint density at radius 3 is 1.44 bits per heavy atom. The van der Waals surface area contributed by atoms with Crippen molar-refractivity contribution in [2.24, 2.45) is 0 Å². The number of non-ortho nitro benzene ring substituents is 2. The van der Waals surface area contributed by atoms with Gasteiger partial charge in [-0.3, -0.25) is 45.4 Å². The van der Waals surface area contributed by atoms with Crippen molar-refractivity contribution < 1.29 is 79.5 Å². The number of anilines is 2. The quantitative estimate of drug-likeness (QED) is 0.0696. The number of nitrogens with one attached hydrogen (secondary N) is 2. The van der Waals surface area contributed by atoms with Crippen LogP contribution in [0, 0.1) is 40.5 Å². The molecule has 0 radical (unpaired) electrons. The molecule has 4 aliphatic rings. The molecule has 0 aromatic heterocycles. The van der Waals surface area contributed by atoms with E-state index in [1.807, 2.05) is 0 Å². The largest absolute Gasteiger partial charge is 0.389 e. The van der Waals surface area contributed by atoms with E-state index in [1.54, 1.807) is 0 Å². The Balaban J connectivity index is 1.30. The Morgan fingerprint density at radius 2 is 1.04 bits per heavy atom. The second kappa shape index (κ2) is 16.5. The molecule has 0 spiro atoms. The molecule has 0 saturated carbocycles. The highest BCUT2D eigenvalue weighted by atomic mass is 16.7. The van der Waals surface area contributed by atoms with Gasteiger partial charge in [0.25, 0.3) is 22.7 Å². The van der Waals surface area contributed by atoms with Crippen molar-refractivity contribution in [1.29, 1.82) is 0 Å². The van der Waals surface area contributed by atoms with Crippen LogP contribution in [0.4, 0.5) is 34.1 Å². The van der Waals surface area contributed by atoms with Crippen molar-refractivity contribution in [3.05, 3.63) is 76.9 Å². The van der Waals surface area contributed by atoms with Gasteiger partial charge in [-0.15, -0.1) is 0 Å². The van der Waals surface area contributed by atoms with Crippen LogP contribution >= 0.6 is 0 Å². The third kappa shape index (κ3) is 8.27. The van der Waals surface area contributed by atoms with Crippen LogP contribution in [-0.4, -0.2) is 177 Å². The van der Waals surface area contributed by atoms with Crippen LogP contribution in [0.15, 0.2) is 36.4 Å². The SMILES string of the molecule is O=[N+]([O-])c1ccc(N[C@@H]2[C@@H](O)[C@@H](O)O[C@H](CN(C[C@H]3O[C@H](O)[C@H](O)[C@@H](Nc4ccc([N+](=O)[O-])cc4[N+](=O)[O-])[C@@H]3O)[C@H]3[C@H](O)[C@@H]4OC[C@@H](O4)[C@H]3O)[C@H]2O)c([N+](=O)[O-])c1. The van der Waals surface area contributed by atoms with Gasteiger partial charge in [-0.2, -0.15) is 0 Å². The lowest BCUT2D eigenvalue weighted by molar-refractivity contribution is -0.393. The van der Waals surface area contributed by atoms with Crippen LogP contribution in [0.3, 0.4) is 0 Å². The fourth-order valence-corrected chi connectivity index (χ4v) is 7.31.